The Morgan fingerprint density at radius 3 is 1.50 bits per heavy atom. The molecule has 10 aromatic rings. The van der Waals surface area contributed by atoms with Crippen LogP contribution in [0.3, 0.4) is 0 Å². The molecular formula is C79H90F2N26O22P2S4. The molecule has 2 unspecified atom stereocenters. The molecule has 4 fully saturated rings. The second kappa shape index (κ2) is 48.1. The number of thiocarbonyl (C=S) groups is 2. The maximum Gasteiger partial charge on any atom is 0.506 e. The number of nitrogens with zero attached hydrogens (tertiary/aromatic N) is 19. The van der Waals surface area contributed by atoms with Gasteiger partial charge in [-0.05, 0) is 61.1 Å². The van der Waals surface area contributed by atoms with Crippen molar-refractivity contribution in [3.05, 3.63) is 130 Å². The quantitative estimate of drug-likeness (QED) is 0.00347. The van der Waals surface area contributed by atoms with Gasteiger partial charge >= 0.3 is 27.6 Å². The number of fused-ring (bicyclic) bond motifs is 4. The van der Waals surface area contributed by atoms with E-state index in [1.54, 1.807) is 115 Å². The van der Waals surface area contributed by atoms with Crippen molar-refractivity contribution in [1.29, 1.82) is 15.8 Å². The molecule has 56 heteroatoms. The highest BCUT2D eigenvalue weighted by Gasteiger charge is 2.53. The fourth-order valence-electron chi connectivity index (χ4n) is 13.4. The molecular weight excluding hydrogens is 1890 g/mol. The van der Waals surface area contributed by atoms with Gasteiger partial charge in [0.25, 0.3) is 22.9 Å². The number of carboxylic acid groups (broad SMARTS) is 2. The number of H-pyrrole nitrogens is 2. The van der Waals surface area contributed by atoms with Crippen molar-refractivity contribution in [3.8, 4) is 18.2 Å². The second-order valence-corrected chi connectivity index (χ2v) is 35.6. The Morgan fingerprint density at radius 1 is 0.622 bits per heavy atom. The maximum atomic E-state index is 16.2. The predicted molar refractivity (Wildman–Crippen MR) is 490 cm³/mol. The normalized spacial score (nSPS) is 21.8. The van der Waals surface area contributed by atoms with Crippen LogP contribution in [0.5, 0.6) is 0 Å². The number of hydrogen-bond donors (Lipinski definition) is 10. The van der Waals surface area contributed by atoms with E-state index in [9.17, 15) is 59.1 Å². The van der Waals surface area contributed by atoms with Gasteiger partial charge in [0.2, 0.25) is 23.7 Å². The molecule has 4 aliphatic heterocycles. The van der Waals surface area contributed by atoms with Crippen molar-refractivity contribution in [2.45, 2.75) is 173 Å². The summed E-state index contributed by atoms with van der Waals surface area (Å²) in [5.41, 5.74) is 0.0745. The molecule has 2 aromatic carbocycles. The van der Waals surface area contributed by atoms with Crippen molar-refractivity contribution in [3.63, 3.8) is 0 Å². The van der Waals surface area contributed by atoms with Gasteiger partial charge in [0.15, 0.2) is 98.4 Å². The average molecular weight is 1980 g/mol. The summed E-state index contributed by atoms with van der Waals surface area (Å²) in [6.07, 6.45) is -10.7. The number of amides is 4. The number of thiol groups is 1. The Hall–Kier alpha value is -12.5. The number of anilines is 4. The summed E-state index contributed by atoms with van der Waals surface area (Å²) in [6, 6.07) is 22.9. The number of rotatable bonds is 33. The van der Waals surface area contributed by atoms with Gasteiger partial charge in [0, 0.05) is 56.8 Å². The van der Waals surface area contributed by atoms with Crippen LogP contribution in [0.2, 0.25) is 0 Å². The number of nitrogens with one attached hydrogen (secondary N) is 7. The molecule has 4 aliphatic rings. The zero-order valence-corrected chi connectivity index (χ0v) is 78.1. The van der Waals surface area contributed by atoms with Crippen LogP contribution >= 0.6 is 52.4 Å². The number of aliphatic imine (C=N–C) groups is 1. The Labute approximate surface area is 787 Å². The number of hydrogen-bond acceptors (Lipinski definition) is 36. The molecule has 4 saturated heterocycles. The lowest BCUT2D eigenvalue weighted by Gasteiger charge is -2.27. The van der Waals surface area contributed by atoms with Crippen molar-refractivity contribution in [1.82, 2.24) is 88.3 Å². The molecule has 12 heterocycles. The molecule has 4 amide bonds. The zero-order valence-electron chi connectivity index (χ0n) is 73.0. The number of imidazole rings is 4. The van der Waals surface area contributed by atoms with Gasteiger partial charge in [-0.15, -0.1) is 12.6 Å². The number of benzene rings is 2. The Balaban J connectivity index is 0.000000227. The van der Waals surface area contributed by atoms with Gasteiger partial charge in [0.1, 0.15) is 41.6 Å². The molecule has 0 radical (unpaired) electrons. The number of carbonyl (C=O) groups excluding carboxylic acids is 4. The van der Waals surface area contributed by atoms with E-state index in [1.807, 2.05) is 40.1 Å². The van der Waals surface area contributed by atoms with Crippen LogP contribution < -0.4 is 37.7 Å². The highest BCUT2D eigenvalue weighted by Crippen LogP contribution is 2.55. The van der Waals surface area contributed by atoms with E-state index in [0.29, 0.717) is 55.7 Å². The van der Waals surface area contributed by atoms with E-state index < -0.39 is 162 Å². The highest BCUT2D eigenvalue weighted by molar-refractivity contribution is 8.11. The zero-order chi connectivity index (χ0) is 97.5. The van der Waals surface area contributed by atoms with E-state index in [0.717, 1.165) is 21.8 Å². The van der Waals surface area contributed by atoms with E-state index in [-0.39, 0.29) is 96.6 Å². The van der Waals surface area contributed by atoms with E-state index in [2.05, 4.69) is 116 Å². The van der Waals surface area contributed by atoms with Crippen LogP contribution in [0, 0.1) is 45.8 Å². The smallest absolute Gasteiger partial charge is 0.450 e. The summed E-state index contributed by atoms with van der Waals surface area (Å²) in [4.78, 5) is 153. The van der Waals surface area contributed by atoms with Gasteiger partial charge in [-0.3, -0.25) is 67.6 Å². The molecule has 16 atom stereocenters. The Kier molecular flexibility index (Phi) is 36.7. The van der Waals surface area contributed by atoms with Crippen molar-refractivity contribution in [2.75, 3.05) is 61.8 Å². The lowest BCUT2D eigenvalue weighted by molar-refractivity contribution is -0.119. The molecule has 0 spiro atoms. The number of alkyl halides is 2. The van der Waals surface area contributed by atoms with Gasteiger partial charge < -0.3 is 86.6 Å². The third kappa shape index (κ3) is 26.6. The summed E-state index contributed by atoms with van der Waals surface area (Å²) in [5.74, 6) is -2.63. The first-order valence-corrected chi connectivity index (χ1v) is 46.0. The number of aromatic nitrogens is 16. The monoisotopic (exact) mass is 1980 g/mol. The number of aromatic amines is 2. The molecule has 0 aliphatic carbocycles. The van der Waals surface area contributed by atoms with Crippen molar-refractivity contribution in [2.24, 2.45) is 16.8 Å². The largest absolute Gasteiger partial charge is 0.506 e. The minimum Gasteiger partial charge on any atom is -0.450 e. The van der Waals surface area contributed by atoms with E-state index >= 15 is 8.78 Å². The summed E-state index contributed by atoms with van der Waals surface area (Å²) in [6.45, 7) is 6.42. The van der Waals surface area contributed by atoms with E-state index in [1.165, 1.54) is 32.2 Å². The number of nitriles is 3. The van der Waals surface area contributed by atoms with Gasteiger partial charge in [-0.25, -0.2) is 63.2 Å². The van der Waals surface area contributed by atoms with Crippen LogP contribution in [0.4, 0.5) is 41.9 Å². The Morgan fingerprint density at radius 2 is 1.06 bits per heavy atom. The molecule has 0 bridgehead atoms. The third-order valence-electron chi connectivity index (χ3n) is 19.7. The van der Waals surface area contributed by atoms with Crippen molar-refractivity contribution >= 4 is 184 Å². The topological polar surface area (TPSA) is 615 Å². The van der Waals surface area contributed by atoms with Crippen molar-refractivity contribution < 1.29 is 103 Å². The van der Waals surface area contributed by atoms with Gasteiger partial charge in [-0.1, -0.05) is 90.2 Å². The first-order chi connectivity index (χ1) is 64.7. The SMILES string of the molecule is CC#N.CC[C@H]1O[C@@H](n2cnc3c(NC(=O)c4ccccc4)ncnc32)C[C@@H]1OP(=S)(OCCC#N)OC[C@H]1O[C@@H](n2cnc3c(=O)[nH]c(NC(=O)C(C)C)nc32)[C@H](OC(=O)O)[C@@H]1F.CC[C@H]1O[C@@H](n2cnc3c(NC(=O)c4ccccc4)ncnc32)C[C@@H]1OP(OCCC#N)OC[C@H]1O[C@@H](n2cnc3c(=O)[nH]c(NC(=O)C(C)C)nc32)[C@H](OC(=O)O)[C@@H]1F.CN(C)C=NC(=S)NC(=S)S. The molecule has 8 aromatic heterocycles. The first-order valence-electron chi connectivity index (χ1n) is 41.1. The first kappa shape index (κ1) is 103. The lowest BCUT2D eigenvalue weighted by atomic mass is 10.1. The lowest BCUT2D eigenvalue weighted by Crippen LogP contribution is -2.34. The molecule has 48 nitrogen and oxygen atoms in total. The number of ether oxygens (including phenoxy) is 6. The summed E-state index contributed by atoms with van der Waals surface area (Å²) in [7, 11) is 1.41. The predicted octanol–water partition coefficient (Wildman–Crippen LogP) is 9.92. The van der Waals surface area contributed by atoms with Gasteiger partial charge in [0.05, 0.1) is 114 Å². The number of carbonyl (C=O) groups is 6. The molecule has 9 N–H and O–H groups in total. The standard InChI is InChI=1S/C36H39FN11O11PS.C36H39FN11O11P.C5H9N3S3.C2H3N/c1-4-20-21(13-23(56-20)47-16-41-25-28(39-15-40-29(25)47)43-32(50)19-9-6-5-7-10-19)59-60(61,54-12-8-11-38)55-14-22-24(37)27(58-36(52)53)34(57-22)48-17-42-26-30(48)44-35(46-33(26)51)45-31(49)18(2)3;1-4-20-21(13-23(56-20)47-16-41-25-28(39-15-40-29(25)47)43-32(50)19-9-6-5-7-10-19)59-60(54-12-8-11-38)55-14-22-24(37)27(58-36(52)53)34(57-22)48-17-42-26-30(48)44-35(46-33(26)51)45-31(49)18(2)3;1-8(2)3-6-4(9)7-5(10)11;1-2-3/h5-7,9-10,15-18,20-24,27,34H,4,8,12-14H2,1-3H3,(H,52,53)(H,39,40,43,50)(H2,44,45,46,49,51);5-7,9-10,15-18,20-24,27,34H,4,8,12-14H2,1-3H3,(H,52,53)(H,39,40,43,50)(H2,44,45,46,49,51);3H,1-2H3,(H2,7,9,10,11);1H3/t2*20-,21+,22-,23-,24-,27-,34-,60?;;/m11../s1. The Bertz CT molecular complexity index is 6250. The summed E-state index contributed by atoms with van der Waals surface area (Å²) in [5, 5.41) is 58.2. The minimum absolute atomic E-state index is 0.0157. The molecule has 716 valence electrons. The van der Waals surface area contributed by atoms with Crippen LogP contribution in [0.25, 0.3) is 44.7 Å². The van der Waals surface area contributed by atoms with Crippen LogP contribution in [-0.4, -0.2) is 247 Å². The van der Waals surface area contributed by atoms with Crippen LogP contribution in [0.15, 0.2) is 113 Å². The molecule has 135 heavy (non-hydrogen) atoms. The second-order valence-electron chi connectivity index (χ2n) is 30.0. The highest BCUT2D eigenvalue weighted by atomic mass is 32.5. The fraction of sp³-hybridized carbons (Fsp3) is 0.443. The van der Waals surface area contributed by atoms with Crippen LogP contribution in [-0.2, 0) is 77.0 Å². The van der Waals surface area contributed by atoms with E-state index in [4.69, 9.17) is 84.9 Å². The molecule has 0 saturated carbocycles. The third-order valence-corrected chi connectivity index (χ3v) is 23.7. The molecule has 14 rings (SSSR count). The summed E-state index contributed by atoms with van der Waals surface area (Å²) < 4.78 is 109. The summed E-state index contributed by atoms with van der Waals surface area (Å²) >= 11 is 19.0. The fourth-order valence-corrected chi connectivity index (χ4v) is 17.2. The minimum atomic E-state index is -3.85. The van der Waals surface area contributed by atoms with Crippen LogP contribution in [0.1, 0.15) is 133 Å². The van der Waals surface area contributed by atoms with Gasteiger partial charge in [-0.2, -0.15) is 25.8 Å². The maximum absolute atomic E-state index is 16.2. The average Bonchev–Trinajstić information content (AvgIpc) is 1.61. The number of halogens is 2.